The van der Waals surface area contributed by atoms with Crippen molar-refractivity contribution >= 4 is 0 Å². The molecule has 1 aliphatic carbocycles. The maximum absolute atomic E-state index is 5.52. The third-order valence-corrected chi connectivity index (χ3v) is 4.70. The van der Waals surface area contributed by atoms with E-state index in [-0.39, 0.29) is 0 Å². The van der Waals surface area contributed by atoms with Crippen LogP contribution >= 0.6 is 0 Å². The first-order chi connectivity index (χ1) is 12.3. The van der Waals surface area contributed by atoms with Gasteiger partial charge < -0.3 is 9.09 Å². The average molecular weight is 331 g/mol. The summed E-state index contributed by atoms with van der Waals surface area (Å²) in [5, 5.41) is 4.19. The van der Waals surface area contributed by atoms with Gasteiger partial charge in [0.15, 0.2) is 5.76 Å². The van der Waals surface area contributed by atoms with Crippen LogP contribution in [0.5, 0.6) is 0 Å². The van der Waals surface area contributed by atoms with Gasteiger partial charge in [0.05, 0.1) is 6.54 Å². The number of hydrogen-bond donors (Lipinski definition) is 0. The Balaban J connectivity index is 1.46. The number of imidazole rings is 1. The molecule has 1 aromatic carbocycles. The minimum Gasteiger partial charge on any atom is -0.356 e. The summed E-state index contributed by atoms with van der Waals surface area (Å²) in [5.41, 5.74) is 2.98. The highest BCUT2D eigenvalue weighted by Crippen LogP contribution is 2.25. The van der Waals surface area contributed by atoms with E-state index in [9.17, 15) is 0 Å². The van der Waals surface area contributed by atoms with Gasteiger partial charge in [-0.2, -0.15) is 0 Å². The van der Waals surface area contributed by atoms with Crippen molar-refractivity contribution in [2.45, 2.75) is 39.2 Å². The lowest BCUT2D eigenvalue weighted by atomic mass is 9.86. The van der Waals surface area contributed by atoms with Crippen LogP contribution in [0, 0.1) is 17.8 Å². The van der Waals surface area contributed by atoms with Crippen molar-refractivity contribution < 1.29 is 4.52 Å². The molecule has 0 aliphatic heterocycles. The molecule has 126 valence electrons. The van der Waals surface area contributed by atoms with Crippen molar-refractivity contribution in [3.05, 3.63) is 59.8 Å². The molecule has 1 saturated carbocycles. The smallest absolute Gasteiger partial charge is 0.167 e. The quantitative estimate of drug-likeness (QED) is 0.670. The SMILES string of the molecule is CCc1nccn1Cc1cc(-c2ccc(C#CC3CCC3)cc2)on1. The number of aromatic nitrogens is 3. The zero-order valence-corrected chi connectivity index (χ0v) is 14.4. The van der Waals surface area contributed by atoms with Gasteiger partial charge in [0.25, 0.3) is 0 Å². The number of benzene rings is 1. The summed E-state index contributed by atoms with van der Waals surface area (Å²) in [6.07, 6.45) is 8.53. The minimum atomic E-state index is 0.604. The molecule has 1 fully saturated rings. The highest BCUT2D eigenvalue weighted by molar-refractivity contribution is 5.59. The van der Waals surface area contributed by atoms with E-state index in [4.69, 9.17) is 4.52 Å². The summed E-state index contributed by atoms with van der Waals surface area (Å²) in [4.78, 5) is 4.34. The number of nitrogens with zero attached hydrogens (tertiary/aromatic N) is 3. The molecule has 4 nitrogen and oxygen atoms in total. The lowest BCUT2D eigenvalue weighted by molar-refractivity contribution is 0.401. The molecule has 4 heteroatoms. The van der Waals surface area contributed by atoms with Gasteiger partial charge in [-0.15, -0.1) is 0 Å². The third-order valence-electron chi connectivity index (χ3n) is 4.70. The Labute approximate surface area is 147 Å². The van der Waals surface area contributed by atoms with Crippen LogP contribution in [-0.2, 0) is 13.0 Å². The molecule has 2 heterocycles. The van der Waals surface area contributed by atoms with Crippen molar-refractivity contribution in [3.63, 3.8) is 0 Å². The Bertz CT molecular complexity index is 905. The van der Waals surface area contributed by atoms with E-state index in [0.29, 0.717) is 12.5 Å². The van der Waals surface area contributed by atoms with E-state index in [2.05, 4.69) is 33.5 Å². The molecule has 0 atom stereocenters. The monoisotopic (exact) mass is 331 g/mol. The summed E-state index contributed by atoms with van der Waals surface area (Å²) < 4.78 is 7.62. The highest BCUT2D eigenvalue weighted by Gasteiger charge is 2.13. The highest BCUT2D eigenvalue weighted by atomic mass is 16.5. The minimum absolute atomic E-state index is 0.604. The van der Waals surface area contributed by atoms with Crippen LogP contribution in [0.3, 0.4) is 0 Å². The zero-order chi connectivity index (χ0) is 17.1. The van der Waals surface area contributed by atoms with E-state index in [1.54, 1.807) is 0 Å². The van der Waals surface area contributed by atoms with Crippen LogP contribution in [0.25, 0.3) is 11.3 Å². The molecule has 0 unspecified atom stereocenters. The van der Waals surface area contributed by atoms with Crippen molar-refractivity contribution in [3.8, 4) is 23.2 Å². The van der Waals surface area contributed by atoms with Crippen molar-refractivity contribution in [1.29, 1.82) is 0 Å². The van der Waals surface area contributed by atoms with Gasteiger partial charge in [-0.25, -0.2) is 4.98 Å². The zero-order valence-electron chi connectivity index (χ0n) is 14.4. The van der Waals surface area contributed by atoms with E-state index >= 15 is 0 Å². The van der Waals surface area contributed by atoms with Crippen LogP contribution in [0.2, 0.25) is 0 Å². The largest absolute Gasteiger partial charge is 0.356 e. The Hall–Kier alpha value is -2.80. The van der Waals surface area contributed by atoms with Crippen LogP contribution in [0.4, 0.5) is 0 Å². The Morgan fingerprint density at radius 3 is 2.80 bits per heavy atom. The first-order valence-corrected chi connectivity index (χ1v) is 8.89. The Morgan fingerprint density at radius 1 is 1.24 bits per heavy atom. The molecule has 0 N–H and O–H groups in total. The lowest BCUT2D eigenvalue weighted by Gasteiger charge is -2.18. The van der Waals surface area contributed by atoms with Crippen LogP contribution in [-0.4, -0.2) is 14.7 Å². The molecule has 0 radical (unpaired) electrons. The number of rotatable bonds is 4. The third kappa shape index (κ3) is 3.51. The fourth-order valence-corrected chi connectivity index (χ4v) is 2.95. The fraction of sp³-hybridized carbons (Fsp3) is 0.333. The standard InChI is InChI=1S/C21H21N3O/c1-2-21-22-12-13-24(21)15-19-14-20(25-23-19)18-10-8-17(9-11-18)7-6-16-4-3-5-16/h8-14,16H,2-5,15H2,1H3. The normalized spacial score (nSPS) is 14.0. The predicted molar refractivity (Wildman–Crippen MR) is 96.9 cm³/mol. The van der Waals surface area contributed by atoms with Gasteiger partial charge in [-0.3, -0.25) is 0 Å². The summed E-state index contributed by atoms with van der Waals surface area (Å²) in [7, 11) is 0. The predicted octanol–water partition coefficient (Wildman–Crippen LogP) is 4.30. The van der Waals surface area contributed by atoms with E-state index < -0.39 is 0 Å². The van der Waals surface area contributed by atoms with Gasteiger partial charge in [-0.05, 0) is 37.1 Å². The van der Waals surface area contributed by atoms with E-state index in [1.807, 2.05) is 42.7 Å². The van der Waals surface area contributed by atoms with Crippen LogP contribution < -0.4 is 0 Å². The Morgan fingerprint density at radius 2 is 2.08 bits per heavy atom. The maximum Gasteiger partial charge on any atom is 0.167 e. The summed E-state index contributed by atoms with van der Waals surface area (Å²) in [6, 6.07) is 10.2. The maximum atomic E-state index is 5.52. The summed E-state index contributed by atoms with van der Waals surface area (Å²) in [6.45, 7) is 2.78. The fourth-order valence-electron chi connectivity index (χ4n) is 2.95. The summed E-state index contributed by atoms with van der Waals surface area (Å²) in [5.74, 6) is 9.05. The molecule has 2 aromatic heterocycles. The summed E-state index contributed by atoms with van der Waals surface area (Å²) >= 11 is 0. The second kappa shape index (κ2) is 6.98. The van der Waals surface area contributed by atoms with Crippen molar-refractivity contribution in [2.75, 3.05) is 0 Å². The van der Waals surface area contributed by atoms with Crippen molar-refractivity contribution in [1.82, 2.24) is 14.7 Å². The van der Waals surface area contributed by atoms with Gasteiger partial charge in [-0.1, -0.05) is 30.3 Å². The molecule has 1 aliphatic rings. The van der Waals surface area contributed by atoms with E-state index in [1.165, 1.54) is 19.3 Å². The molecule has 4 rings (SSSR count). The van der Waals surface area contributed by atoms with Gasteiger partial charge in [0.2, 0.25) is 0 Å². The molecule has 0 bridgehead atoms. The van der Waals surface area contributed by atoms with Gasteiger partial charge >= 0.3 is 0 Å². The topological polar surface area (TPSA) is 43.9 Å². The first-order valence-electron chi connectivity index (χ1n) is 8.89. The molecule has 0 spiro atoms. The van der Waals surface area contributed by atoms with Gasteiger partial charge in [0, 0.05) is 41.9 Å². The molecule has 25 heavy (non-hydrogen) atoms. The van der Waals surface area contributed by atoms with Gasteiger partial charge in [0.1, 0.15) is 11.5 Å². The van der Waals surface area contributed by atoms with E-state index in [0.717, 1.165) is 34.8 Å². The number of aryl methyl sites for hydroxylation is 1. The Kier molecular flexibility index (Phi) is 4.39. The van der Waals surface area contributed by atoms with Crippen LogP contribution in [0.15, 0.2) is 47.2 Å². The second-order valence-electron chi connectivity index (χ2n) is 6.48. The molecular weight excluding hydrogens is 310 g/mol. The lowest BCUT2D eigenvalue weighted by Crippen LogP contribution is -2.07. The number of hydrogen-bond acceptors (Lipinski definition) is 3. The molecule has 3 aromatic rings. The first kappa shape index (κ1) is 15.7. The molecule has 0 saturated heterocycles. The second-order valence-corrected chi connectivity index (χ2v) is 6.48. The van der Waals surface area contributed by atoms with Crippen LogP contribution in [0.1, 0.15) is 43.3 Å². The molecule has 0 amide bonds. The van der Waals surface area contributed by atoms with Crippen molar-refractivity contribution in [2.24, 2.45) is 5.92 Å². The molecular formula is C21H21N3O. The average Bonchev–Trinajstić information content (AvgIpc) is 3.24.